The maximum absolute atomic E-state index is 13.9. The summed E-state index contributed by atoms with van der Waals surface area (Å²) in [4.78, 5) is 15.1. The van der Waals surface area contributed by atoms with Crippen molar-refractivity contribution in [2.45, 2.75) is 75.7 Å². The van der Waals surface area contributed by atoms with Gasteiger partial charge < -0.3 is 14.4 Å². The SMILES string of the molecule is CCCC[C@@]1(CC)CN(c2ccc(F)cc2)c2cc(SC)c(OCC(=O)OC(C)(C)C)cc2S(=O)(=O)C1. The van der Waals surface area contributed by atoms with E-state index in [0.29, 0.717) is 29.3 Å². The Balaban J connectivity index is 2.14. The number of esters is 1. The molecule has 0 spiro atoms. The van der Waals surface area contributed by atoms with Crippen LogP contribution in [0.3, 0.4) is 0 Å². The highest BCUT2D eigenvalue weighted by Gasteiger charge is 2.42. The number of nitrogens with zero attached hydrogens (tertiary/aromatic N) is 1. The first-order valence-corrected chi connectivity index (χ1v) is 15.5. The van der Waals surface area contributed by atoms with Gasteiger partial charge in [-0.2, -0.15) is 0 Å². The highest BCUT2D eigenvalue weighted by Crippen LogP contribution is 2.47. The van der Waals surface area contributed by atoms with Gasteiger partial charge in [0, 0.05) is 23.7 Å². The number of hydrogen-bond acceptors (Lipinski definition) is 7. The van der Waals surface area contributed by atoms with Crippen molar-refractivity contribution < 1.29 is 27.1 Å². The molecule has 1 atom stereocenters. The topological polar surface area (TPSA) is 72.9 Å². The molecule has 6 nitrogen and oxygen atoms in total. The lowest BCUT2D eigenvalue weighted by Gasteiger charge is -2.36. The Kier molecular flexibility index (Phi) is 9.22. The molecule has 0 unspecified atom stereocenters. The van der Waals surface area contributed by atoms with Crippen LogP contribution in [0.2, 0.25) is 0 Å². The van der Waals surface area contributed by atoms with Gasteiger partial charge in [0.25, 0.3) is 0 Å². The molecule has 9 heteroatoms. The molecule has 37 heavy (non-hydrogen) atoms. The summed E-state index contributed by atoms with van der Waals surface area (Å²) >= 11 is 1.40. The molecule has 0 radical (unpaired) electrons. The van der Waals surface area contributed by atoms with E-state index in [-0.39, 0.29) is 23.1 Å². The summed E-state index contributed by atoms with van der Waals surface area (Å²) in [7, 11) is -3.71. The number of thioether (sulfide) groups is 1. The average molecular weight is 552 g/mol. The van der Waals surface area contributed by atoms with E-state index in [4.69, 9.17) is 9.47 Å². The van der Waals surface area contributed by atoms with Gasteiger partial charge in [0.15, 0.2) is 16.4 Å². The third kappa shape index (κ3) is 7.19. The van der Waals surface area contributed by atoms with E-state index in [1.165, 1.54) is 30.0 Å². The van der Waals surface area contributed by atoms with E-state index in [1.807, 2.05) is 18.1 Å². The molecular weight excluding hydrogens is 513 g/mol. The monoisotopic (exact) mass is 551 g/mol. The number of rotatable bonds is 9. The summed E-state index contributed by atoms with van der Waals surface area (Å²) in [6, 6.07) is 9.48. The van der Waals surface area contributed by atoms with Gasteiger partial charge in [-0.05, 0) is 70.2 Å². The number of anilines is 2. The second-order valence-electron chi connectivity index (χ2n) is 10.6. The van der Waals surface area contributed by atoms with Gasteiger partial charge >= 0.3 is 5.97 Å². The van der Waals surface area contributed by atoms with Crippen molar-refractivity contribution >= 4 is 38.9 Å². The predicted molar refractivity (Wildman–Crippen MR) is 147 cm³/mol. The normalized spacial score (nSPS) is 19.2. The lowest BCUT2D eigenvalue weighted by Crippen LogP contribution is -2.37. The Hall–Kier alpha value is -2.26. The fourth-order valence-electron chi connectivity index (χ4n) is 4.66. The number of fused-ring (bicyclic) bond motifs is 1. The molecule has 0 aromatic heterocycles. The number of unbranched alkanes of at least 4 members (excludes halogenated alkanes) is 1. The Labute approximate surface area is 224 Å². The molecule has 1 aliphatic heterocycles. The van der Waals surface area contributed by atoms with Crippen molar-refractivity contribution in [2.24, 2.45) is 5.41 Å². The van der Waals surface area contributed by atoms with Crippen molar-refractivity contribution in [2.75, 3.05) is 30.1 Å². The minimum absolute atomic E-state index is 0.00527. The van der Waals surface area contributed by atoms with Crippen LogP contribution in [0, 0.1) is 11.2 Å². The fourth-order valence-corrected chi connectivity index (χ4v) is 7.39. The number of carbonyl (C=O) groups excluding carboxylic acids is 1. The zero-order valence-electron chi connectivity index (χ0n) is 22.6. The molecule has 0 saturated carbocycles. The van der Waals surface area contributed by atoms with Crippen LogP contribution in [0.5, 0.6) is 5.75 Å². The van der Waals surface area contributed by atoms with Crippen LogP contribution in [-0.2, 0) is 19.4 Å². The molecule has 2 aromatic rings. The van der Waals surface area contributed by atoms with Crippen molar-refractivity contribution in [1.82, 2.24) is 0 Å². The van der Waals surface area contributed by atoms with E-state index in [1.54, 1.807) is 39.0 Å². The zero-order chi connectivity index (χ0) is 27.4. The number of ether oxygens (including phenoxy) is 2. The Morgan fingerprint density at radius 1 is 1.16 bits per heavy atom. The number of halogens is 1. The molecule has 2 aromatic carbocycles. The van der Waals surface area contributed by atoms with Gasteiger partial charge in [0.1, 0.15) is 17.2 Å². The van der Waals surface area contributed by atoms with Crippen LogP contribution in [0.15, 0.2) is 46.2 Å². The molecule has 204 valence electrons. The molecule has 3 rings (SSSR count). The van der Waals surface area contributed by atoms with Gasteiger partial charge in [0.05, 0.1) is 21.2 Å². The van der Waals surface area contributed by atoms with Gasteiger partial charge in [-0.25, -0.2) is 17.6 Å². The number of hydrogen-bond donors (Lipinski definition) is 0. The van der Waals surface area contributed by atoms with Crippen LogP contribution in [0.4, 0.5) is 15.8 Å². The molecule has 0 saturated heterocycles. The van der Waals surface area contributed by atoms with Gasteiger partial charge in [-0.3, -0.25) is 0 Å². The number of sulfone groups is 1. The van der Waals surface area contributed by atoms with Crippen LogP contribution in [-0.4, -0.2) is 45.1 Å². The first kappa shape index (κ1) is 29.3. The third-order valence-electron chi connectivity index (χ3n) is 6.58. The second kappa shape index (κ2) is 11.6. The third-order valence-corrected chi connectivity index (χ3v) is 9.32. The predicted octanol–water partition coefficient (Wildman–Crippen LogP) is 6.78. The first-order chi connectivity index (χ1) is 17.3. The van der Waals surface area contributed by atoms with Crippen LogP contribution < -0.4 is 9.64 Å². The van der Waals surface area contributed by atoms with Crippen molar-refractivity contribution in [3.63, 3.8) is 0 Å². The van der Waals surface area contributed by atoms with E-state index in [0.717, 1.165) is 24.9 Å². The summed E-state index contributed by atoms with van der Waals surface area (Å²) in [6.07, 6.45) is 5.20. The van der Waals surface area contributed by atoms with Gasteiger partial charge in [-0.1, -0.05) is 26.7 Å². The standard InChI is InChI=1S/C28H38FNO5S2/c1-7-9-14-28(8-2)18-30(21-12-10-20(29)11-13-21)22-15-24(36-6)23(16-25(22)37(32,33)19-28)34-17-26(31)35-27(3,4)5/h10-13,15-16H,7-9,14,17-19H2,1-6H3/t28-/m0/s1. The summed E-state index contributed by atoms with van der Waals surface area (Å²) in [5.41, 5.74) is 0.132. The maximum Gasteiger partial charge on any atom is 0.344 e. The Morgan fingerprint density at radius 3 is 2.41 bits per heavy atom. The minimum Gasteiger partial charge on any atom is -0.481 e. The quantitative estimate of drug-likeness (QED) is 0.251. The molecule has 0 amide bonds. The fraction of sp³-hybridized carbons (Fsp3) is 0.536. The molecule has 0 fully saturated rings. The van der Waals surface area contributed by atoms with Crippen LogP contribution in [0.25, 0.3) is 0 Å². The van der Waals surface area contributed by atoms with Crippen LogP contribution in [0.1, 0.15) is 60.3 Å². The second-order valence-corrected chi connectivity index (χ2v) is 13.4. The summed E-state index contributed by atoms with van der Waals surface area (Å²) in [5, 5.41) is 0. The van der Waals surface area contributed by atoms with E-state index < -0.39 is 26.8 Å². The highest BCUT2D eigenvalue weighted by molar-refractivity contribution is 7.98. The van der Waals surface area contributed by atoms with Gasteiger partial charge in [0.2, 0.25) is 0 Å². The Bertz CT molecular complexity index is 1210. The van der Waals surface area contributed by atoms with E-state index >= 15 is 0 Å². The molecule has 0 N–H and O–H groups in total. The molecule has 1 aliphatic rings. The Morgan fingerprint density at radius 2 is 1.84 bits per heavy atom. The van der Waals surface area contributed by atoms with Crippen molar-refractivity contribution in [3.05, 3.63) is 42.2 Å². The van der Waals surface area contributed by atoms with E-state index in [9.17, 15) is 17.6 Å². The average Bonchev–Trinajstić information content (AvgIpc) is 2.92. The largest absolute Gasteiger partial charge is 0.481 e. The van der Waals surface area contributed by atoms with Crippen molar-refractivity contribution in [3.8, 4) is 5.75 Å². The summed E-state index contributed by atoms with van der Waals surface area (Å²) in [6.45, 7) is 9.61. The van der Waals surface area contributed by atoms with E-state index in [2.05, 4.69) is 6.92 Å². The maximum atomic E-state index is 13.9. The van der Waals surface area contributed by atoms with Gasteiger partial charge in [-0.15, -0.1) is 11.8 Å². The highest BCUT2D eigenvalue weighted by atomic mass is 32.2. The number of benzene rings is 2. The lowest BCUT2D eigenvalue weighted by molar-refractivity contribution is -0.157. The smallest absolute Gasteiger partial charge is 0.344 e. The zero-order valence-corrected chi connectivity index (χ0v) is 24.2. The van der Waals surface area contributed by atoms with Crippen molar-refractivity contribution in [1.29, 1.82) is 0 Å². The summed E-state index contributed by atoms with van der Waals surface area (Å²) in [5.74, 6) is -0.562. The molecule has 1 heterocycles. The molecule has 0 bridgehead atoms. The van der Waals surface area contributed by atoms with Crippen LogP contribution >= 0.6 is 11.8 Å². The number of carbonyl (C=O) groups is 1. The summed E-state index contributed by atoms with van der Waals surface area (Å²) < 4.78 is 52.7. The molecular formula is C28H38FNO5S2. The lowest BCUT2D eigenvalue weighted by atomic mass is 9.81. The minimum atomic E-state index is -3.71. The first-order valence-electron chi connectivity index (χ1n) is 12.7. The molecule has 0 aliphatic carbocycles.